The zero-order chi connectivity index (χ0) is 18.5. The first-order chi connectivity index (χ1) is 10.9. The first-order valence-corrected chi connectivity index (χ1v) is 9.22. The SMILES string of the molecule is COC(CC(C)(C)C)Oc1ccc(C(CC(C)C)C(C)(C)C)cc1. The van der Waals surface area contributed by atoms with Crippen LogP contribution in [0.25, 0.3) is 0 Å². The summed E-state index contributed by atoms with van der Waals surface area (Å²) in [5.41, 5.74) is 1.83. The fraction of sp³-hybridized carbons (Fsp3) is 0.727. The van der Waals surface area contributed by atoms with E-state index < -0.39 is 0 Å². The molecule has 0 bridgehead atoms. The number of rotatable bonds is 7. The molecule has 0 spiro atoms. The fourth-order valence-electron chi connectivity index (χ4n) is 3.06. The maximum absolute atomic E-state index is 6.02. The van der Waals surface area contributed by atoms with Crippen LogP contribution in [0, 0.1) is 16.7 Å². The summed E-state index contributed by atoms with van der Waals surface area (Å²) in [5.74, 6) is 2.13. The molecule has 2 unspecified atom stereocenters. The minimum absolute atomic E-state index is 0.176. The van der Waals surface area contributed by atoms with Gasteiger partial charge in [-0.05, 0) is 46.8 Å². The molecule has 1 aromatic rings. The Labute approximate surface area is 149 Å². The molecular weight excluding hydrogens is 296 g/mol. The smallest absolute Gasteiger partial charge is 0.200 e. The fourth-order valence-corrected chi connectivity index (χ4v) is 3.06. The molecule has 138 valence electrons. The lowest BCUT2D eigenvalue weighted by Crippen LogP contribution is -2.25. The van der Waals surface area contributed by atoms with Gasteiger partial charge in [0.2, 0.25) is 0 Å². The summed E-state index contributed by atoms with van der Waals surface area (Å²) in [4.78, 5) is 0. The normalized spacial score (nSPS) is 15.4. The Kier molecular flexibility index (Phi) is 7.34. The quantitative estimate of drug-likeness (QED) is 0.520. The first-order valence-electron chi connectivity index (χ1n) is 9.22. The maximum atomic E-state index is 6.02. The van der Waals surface area contributed by atoms with Crippen molar-refractivity contribution in [2.45, 2.75) is 80.4 Å². The molecule has 0 radical (unpaired) electrons. The Balaban J connectivity index is 2.86. The highest BCUT2D eigenvalue weighted by Crippen LogP contribution is 2.40. The van der Waals surface area contributed by atoms with Gasteiger partial charge in [-0.1, -0.05) is 67.5 Å². The van der Waals surface area contributed by atoms with Crippen LogP contribution < -0.4 is 4.74 Å². The Hall–Kier alpha value is -1.02. The lowest BCUT2D eigenvalue weighted by atomic mass is 9.72. The van der Waals surface area contributed by atoms with E-state index in [1.807, 2.05) is 0 Å². The molecule has 2 nitrogen and oxygen atoms in total. The van der Waals surface area contributed by atoms with Crippen LogP contribution >= 0.6 is 0 Å². The van der Waals surface area contributed by atoms with E-state index in [9.17, 15) is 0 Å². The predicted molar refractivity (Wildman–Crippen MR) is 104 cm³/mol. The van der Waals surface area contributed by atoms with Crippen LogP contribution in [0.3, 0.4) is 0 Å². The monoisotopic (exact) mass is 334 g/mol. The van der Waals surface area contributed by atoms with Crippen molar-refractivity contribution >= 4 is 0 Å². The Morgan fingerprint density at radius 1 is 0.917 bits per heavy atom. The Morgan fingerprint density at radius 3 is 1.83 bits per heavy atom. The van der Waals surface area contributed by atoms with E-state index in [1.54, 1.807) is 7.11 Å². The molecule has 0 aromatic heterocycles. The molecule has 2 heteroatoms. The summed E-state index contributed by atoms with van der Waals surface area (Å²) in [5, 5.41) is 0. The number of ether oxygens (including phenoxy) is 2. The van der Waals surface area contributed by atoms with Gasteiger partial charge in [0.15, 0.2) is 6.29 Å². The lowest BCUT2D eigenvalue weighted by molar-refractivity contribution is -0.0756. The van der Waals surface area contributed by atoms with Crippen LogP contribution in [-0.4, -0.2) is 13.4 Å². The summed E-state index contributed by atoms with van der Waals surface area (Å²) in [6, 6.07) is 8.61. The lowest BCUT2D eigenvalue weighted by Gasteiger charge is -2.33. The molecule has 0 saturated heterocycles. The third-order valence-corrected chi connectivity index (χ3v) is 4.34. The van der Waals surface area contributed by atoms with E-state index in [0.717, 1.165) is 12.2 Å². The van der Waals surface area contributed by atoms with Gasteiger partial charge in [0.1, 0.15) is 5.75 Å². The minimum atomic E-state index is -0.204. The average molecular weight is 335 g/mol. The van der Waals surface area contributed by atoms with E-state index >= 15 is 0 Å². The molecule has 0 aliphatic heterocycles. The Morgan fingerprint density at radius 2 is 1.46 bits per heavy atom. The van der Waals surface area contributed by atoms with Gasteiger partial charge < -0.3 is 9.47 Å². The maximum Gasteiger partial charge on any atom is 0.200 e. The van der Waals surface area contributed by atoms with Crippen LogP contribution in [0.4, 0.5) is 0 Å². The molecule has 0 aliphatic rings. The number of methoxy groups -OCH3 is 1. The van der Waals surface area contributed by atoms with Crippen molar-refractivity contribution in [1.82, 2.24) is 0 Å². The third-order valence-electron chi connectivity index (χ3n) is 4.34. The van der Waals surface area contributed by atoms with Crippen molar-refractivity contribution < 1.29 is 9.47 Å². The second-order valence-corrected chi connectivity index (χ2v) is 9.67. The van der Waals surface area contributed by atoms with Gasteiger partial charge in [0.05, 0.1) is 0 Å². The van der Waals surface area contributed by atoms with Crippen molar-refractivity contribution in [3.8, 4) is 5.75 Å². The van der Waals surface area contributed by atoms with E-state index in [1.165, 1.54) is 12.0 Å². The molecule has 0 aliphatic carbocycles. The number of hydrogen-bond acceptors (Lipinski definition) is 2. The standard InChI is InChI=1S/C22H38O2/c1-16(2)14-19(22(6,7)8)17-10-12-18(13-11-17)24-20(23-9)15-21(3,4)5/h10-13,16,19-20H,14-15H2,1-9H3. The van der Waals surface area contributed by atoms with E-state index in [4.69, 9.17) is 9.47 Å². The highest BCUT2D eigenvalue weighted by atomic mass is 16.7. The molecule has 0 N–H and O–H groups in total. The molecule has 2 atom stereocenters. The number of benzene rings is 1. The van der Waals surface area contributed by atoms with E-state index in [0.29, 0.717) is 11.8 Å². The first kappa shape index (κ1) is 21.0. The highest BCUT2D eigenvalue weighted by Gasteiger charge is 2.27. The topological polar surface area (TPSA) is 18.5 Å². The van der Waals surface area contributed by atoms with Gasteiger partial charge in [-0.2, -0.15) is 0 Å². The van der Waals surface area contributed by atoms with Crippen LogP contribution in [0.2, 0.25) is 0 Å². The molecule has 0 saturated carbocycles. The minimum Gasteiger partial charge on any atom is -0.465 e. The second kappa shape index (κ2) is 8.38. The van der Waals surface area contributed by atoms with E-state index in [-0.39, 0.29) is 17.1 Å². The van der Waals surface area contributed by atoms with Gasteiger partial charge in [0, 0.05) is 13.5 Å². The Bertz CT molecular complexity index is 474. The second-order valence-electron chi connectivity index (χ2n) is 9.67. The number of hydrogen-bond donors (Lipinski definition) is 0. The van der Waals surface area contributed by atoms with Crippen molar-refractivity contribution in [2.24, 2.45) is 16.7 Å². The van der Waals surface area contributed by atoms with Gasteiger partial charge in [-0.15, -0.1) is 0 Å². The zero-order valence-electron chi connectivity index (χ0n) is 17.3. The van der Waals surface area contributed by atoms with Crippen molar-refractivity contribution in [3.05, 3.63) is 29.8 Å². The molecule has 24 heavy (non-hydrogen) atoms. The van der Waals surface area contributed by atoms with Crippen LogP contribution in [-0.2, 0) is 4.74 Å². The summed E-state index contributed by atoms with van der Waals surface area (Å²) in [6.07, 6.45) is 1.86. The summed E-state index contributed by atoms with van der Waals surface area (Å²) >= 11 is 0. The van der Waals surface area contributed by atoms with Crippen molar-refractivity contribution in [1.29, 1.82) is 0 Å². The average Bonchev–Trinajstić information content (AvgIpc) is 2.42. The molecule has 0 fully saturated rings. The summed E-state index contributed by atoms with van der Waals surface area (Å²) in [7, 11) is 1.71. The van der Waals surface area contributed by atoms with Gasteiger partial charge in [0.25, 0.3) is 0 Å². The molecule has 1 aromatic carbocycles. The van der Waals surface area contributed by atoms with Gasteiger partial charge in [-0.25, -0.2) is 0 Å². The van der Waals surface area contributed by atoms with Gasteiger partial charge >= 0.3 is 0 Å². The molecule has 0 amide bonds. The van der Waals surface area contributed by atoms with Crippen LogP contribution in [0.15, 0.2) is 24.3 Å². The van der Waals surface area contributed by atoms with Gasteiger partial charge in [-0.3, -0.25) is 0 Å². The third kappa shape index (κ3) is 7.25. The highest BCUT2D eigenvalue weighted by molar-refractivity contribution is 5.30. The van der Waals surface area contributed by atoms with Crippen molar-refractivity contribution in [2.75, 3.05) is 7.11 Å². The van der Waals surface area contributed by atoms with Crippen LogP contribution in [0.5, 0.6) is 5.75 Å². The van der Waals surface area contributed by atoms with Crippen molar-refractivity contribution in [3.63, 3.8) is 0 Å². The molecule has 1 rings (SSSR count). The predicted octanol–water partition coefficient (Wildman–Crippen LogP) is 6.65. The molecular formula is C22H38O2. The zero-order valence-corrected chi connectivity index (χ0v) is 17.3. The summed E-state index contributed by atoms with van der Waals surface area (Å²) in [6.45, 7) is 18.2. The summed E-state index contributed by atoms with van der Waals surface area (Å²) < 4.78 is 11.5. The largest absolute Gasteiger partial charge is 0.465 e. The van der Waals surface area contributed by atoms with Crippen LogP contribution in [0.1, 0.15) is 79.7 Å². The molecule has 0 heterocycles. The van der Waals surface area contributed by atoms with E-state index in [2.05, 4.69) is 79.7 Å².